The number of nitrogens with two attached hydrogens (primary N) is 1. The van der Waals surface area contributed by atoms with Crippen LogP contribution in [0.5, 0.6) is 11.5 Å². The highest BCUT2D eigenvalue weighted by Crippen LogP contribution is 2.31. The Kier molecular flexibility index (Phi) is 5.94. The third-order valence-electron chi connectivity index (χ3n) is 5.02. The number of aromatic hydroxyl groups is 1. The second-order valence-corrected chi connectivity index (χ2v) is 8.74. The van der Waals surface area contributed by atoms with E-state index in [1.165, 1.54) is 0 Å². The standard InChI is InChI=1S/C23H20Br2N2O2/c1-29-18-4-2-3-15(11-18)20-13-21(19-12-17(25)9-10-22(19)28)27-23(26-20)14-5-7-16(24)8-6-14/h2-13,21,23,26-28H,1H3/p+1. The molecule has 0 amide bonds. The first kappa shape index (κ1) is 20.0. The van der Waals surface area contributed by atoms with E-state index < -0.39 is 0 Å². The van der Waals surface area contributed by atoms with Gasteiger partial charge in [0.15, 0.2) is 6.17 Å². The van der Waals surface area contributed by atoms with Gasteiger partial charge in [0, 0.05) is 31.8 Å². The van der Waals surface area contributed by atoms with Crippen LogP contribution in [0.4, 0.5) is 0 Å². The second kappa shape index (κ2) is 8.61. The van der Waals surface area contributed by atoms with Gasteiger partial charge >= 0.3 is 0 Å². The maximum atomic E-state index is 10.5. The second-order valence-electron chi connectivity index (χ2n) is 6.91. The van der Waals surface area contributed by atoms with Crippen LogP contribution in [-0.2, 0) is 0 Å². The molecule has 0 saturated carbocycles. The largest absolute Gasteiger partial charge is 0.507 e. The normalized spacial score (nSPS) is 18.7. The van der Waals surface area contributed by atoms with Gasteiger partial charge in [0.1, 0.15) is 17.5 Å². The Hall–Kier alpha value is -2.28. The number of quaternary nitrogens is 1. The van der Waals surface area contributed by atoms with Crippen LogP contribution in [-0.4, -0.2) is 12.2 Å². The first-order chi connectivity index (χ1) is 14.0. The van der Waals surface area contributed by atoms with Gasteiger partial charge in [0.2, 0.25) is 0 Å². The first-order valence-electron chi connectivity index (χ1n) is 9.25. The third kappa shape index (κ3) is 4.50. The van der Waals surface area contributed by atoms with Crippen LogP contribution in [0.2, 0.25) is 0 Å². The predicted molar refractivity (Wildman–Crippen MR) is 121 cm³/mol. The monoisotopic (exact) mass is 515 g/mol. The fraction of sp³-hybridized carbons (Fsp3) is 0.130. The average Bonchev–Trinajstić information content (AvgIpc) is 2.75. The maximum Gasteiger partial charge on any atom is 0.186 e. The lowest BCUT2D eigenvalue weighted by Gasteiger charge is -2.30. The SMILES string of the molecule is COc1cccc(C2=CC(c3cc(Br)ccc3O)[NH2+]C(c3ccc(Br)cc3)N2)c1. The van der Waals surface area contributed by atoms with Gasteiger partial charge in [0.05, 0.1) is 12.7 Å². The maximum absolute atomic E-state index is 10.5. The van der Waals surface area contributed by atoms with Crippen molar-refractivity contribution in [2.45, 2.75) is 12.2 Å². The number of phenolic OH excluding ortho intramolecular Hbond substituents is 1. The fourth-order valence-electron chi connectivity index (χ4n) is 3.53. The molecule has 4 N–H and O–H groups in total. The molecule has 4 rings (SSSR count). The zero-order valence-corrected chi connectivity index (χ0v) is 18.9. The molecule has 29 heavy (non-hydrogen) atoms. The zero-order valence-electron chi connectivity index (χ0n) is 15.8. The Morgan fingerprint density at radius 2 is 1.72 bits per heavy atom. The third-order valence-corrected chi connectivity index (χ3v) is 6.04. The molecule has 3 aromatic carbocycles. The fourth-order valence-corrected chi connectivity index (χ4v) is 4.17. The molecular weight excluding hydrogens is 496 g/mol. The van der Waals surface area contributed by atoms with Crippen molar-refractivity contribution in [2.75, 3.05) is 7.11 Å². The smallest absolute Gasteiger partial charge is 0.186 e. The summed E-state index contributed by atoms with van der Waals surface area (Å²) in [6, 6.07) is 21.8. The van der Waals surface area contributed by atoms with Crippen LogP contribution in [0.1, 0.15) is 28.9 Å². The molecule has 0 bridgehead atoms. The van der Waals surface area contributed by atoms with Gasteiger partial charge in [-0.3, -0.25) is 0 Å². The van der Waals surface area contributed by atoms with Crippen molar-refractivity contribution in [3.8, 4) is 11.5 Å². The molecule has 0 aromatic heterocycles. The number of nitrogens with one attached hydrogen (secondary N) is 1. The Labute approximate surface area is 186 Å². The zero-order chi connectivity index (χ0) is 20.4. The van der Waals surface area contributed by atoms with Crippen LogP contribution in [0.15, 0.2) is 81.8 Å². The van der Waals surface area contributed by atoms with Crippen molar-refractivity contribution >= 4 is 37.6 Å². The van der Waals surface area contributed by atoms with Crippen molar-refractivity contribution in [1.29, 1.82) is 0 Å². The molecule has 2 atom stereocenters. The Morgan fingerprint density at radius 1 is 0.966 bits per heavy atom. The number of hydrogen-bond acceptors (Lipinski definition) is 3. The summed E-state index contributed by atoms with van der Waals surface area (Å²) in [7, 11) is 1.67. The lowest BCUT2D eigenvalue weighted by atomic mass is 9.98. The minimum atomic E-state index is -0.0522. The Morgan fingerprint density at radius 3 is 2.48 bits per heavy atom. The molecule has 2 unspecified atom stereocenters. The molecule has 0 radical (unpaired) electrons. The summed E-state index contributed by atoms with van der Waals surface area (Å²) in [5.41, 5.74) is 4.06. The molecule has 0 spiro atoms. The number of methoxy groups -OCH3 is 1. The number of phenols is 1. The lowest BCUT2D eigenvalue weighted by molar-refractivity contribution is -0.731. The van der Waals surface area contributed by atoms with E-state index in [9.17, 15) is 5.11 Å². The van der Waals surface area contributed by atoms with E-state index in [1.807, 2.05) is 42.5 Å². The number of halogens is 2. The molecule has 1 aliphatic heterocycles. The van der Waals surface area contributed by atoms with Crippen LogP contribution in [0, 0.1) is 0 Å². The van der Waals surface area contributed by atoms with Crippen LogP contribution in [0.3, 0.4) is 0 Å². The molecule has 0 saturated heterocycles. The summed E-state index contributed by atoms with van der Waals surface area (Å²) in [5.74, 6) is 1.09. The molecule has 6 heteroatoms. The van der Waals surface area contributed by atoms with Crippen molar-refractivity contribution < 1.29 is 15.2 Å². The van der Waals surface area contributed by atoms with Gasteiger partial charge in [0.25, 0.3) is 0 Å². The molecular formula is C23H21Br2N2O2+. The summed E-state index contributed by atoms with van der Waals surface area (Å²) >= 11 is 7.03. The summed E-state index contributed by atoms with van der Waals surface area (Å²) in [6.07, 6.45) is 2.14. The van der Waals surface area contributed by atoms with Gasteiger partial charge in [-0.1, -0.05) is 44.0 Å². The number of ether oxygens (including phenoxy) is 1. The van der Waals surface area contributed by atoms with Gasteiger partial charge in [-0.05, 0) is 54.6 Å². The molecule has 1 aliphatic rings. The highest BCUT2D eigenvalue weighted by Gasteiger charge is 2.29. The van der Waals surface area contributed by atoms with Crippen LogP contribution in [0.25, 0.3) is 5.70 Å². The Balaban J connectivity index is 1.78. The predicted octanol–water partition coefficient (Wildman–Crippen LogP) is 4.87. The van der Waals surface area contributed by atoms with E-state index in [-0.39, 0.29) is 18.0 Å². The van der Waals surface area contributed by atoms with Crippen molar-refractivity contribution in [3.05, 3.63) is 98.4 Å². The topological polar surface area (TPSA) is 58.1 Å². The number of benzene rings is 3. The molecule has 0 aliphatic carbocycles. The van der Waals surface area contributed by atoms with E-state index in [2.05, 4.69) is 66.8 Å². The van der Waals surface area contributed by atoms with E-state index in [0.717, 1.165) is 37.1 Å². The van der Waals surface area contributed by atoms with Gasteiger partial charge in [-0.2, -0.15) is 0 Å². The molecule has 4 nitrogen and oxygen atoms in total. The minimum Gasteiger partial charge on any atom is -0.507 e. The lowest BCUT2D eigenvalue weighted by Crippen LogP contribution is -2.89. The summed E-state index contributed by atoms with van der Waals surface area (Å²) < 4.78 is 7.38. The van der Waals surface area contributed by atoms with Gasteiger partial charge in [-0.25, -0.2) is 0 Å². The first-order valence-corrected chi connectivity index (χ1v) is 10.8. The average molecular weight is 517 g/mol. The van der Waals surface area contributed by atoms with Gasteiger partial charge < -0.3 is 20.5 Å². The molecule has 0 fully saturated rings. The van der Waals surface area contributed by atoms with Crippen molar-refractivity contribution in [2.24, 2.45) is 0 Å². The Bertz CT molecular complexity index is 1050. The van der Waals surface area contributed by atoms with Gasteiger partial charge in [-0.15, -0.1) is 0 Å². The summed E-state index contributed by atoms with van der Waals surface area (Å²) in [5, 5.41) is 16.4. The minimum absolute atomic E-state index is 0.00215. The highest BCUT2D eigenvalue weighted by atomic mass is 79.9. The number of rotatable bonds is 4. The summed E-state index contributed by atoms with van der Waals surface area (Å²) in [6.45, 7) is 0. The molecule has 148 valence electrons. The van der Waals surface area contributed by atoms with E-state index in [0.29, 0.717) is 0 Å². The van der Waals surface area contributed by atoms with E-state index in [1.54, 1.807) is 13.2 Å². The molecule has 3 aromatic rings. The highest BCUT2D eigenvalue weighted by molar-refractivity contribution is 9.10. The number of hydrogen-bond donors (Lipinski definition) is 3. The van der Waals surface area contributed by atoms with E-state index in [4.69, 9.17) is 4.74 Å². The summed E-state index contributed by atoms with van der Waals surface area (Å²) in [4.78, 5) is 0. The quantitative estimate of drug-likeness (QED) is 0.463. The van der Waals surface area contributed by atoms with Crippen molar-refractivity contribution in [3.63, 3.8) is 0 Å². The van der Waals surface area contributed by atoms with Crippen molar-refractivity contribution in [1.82, 2.24) is 5.32 Å². The van der Waals surface area contributed by atoms with E-state index >= 15 is 0 Å². The van der Waals surface area contributed by atoms with Crippen LogP contribution >= 0.6 is 31.9 Å². The van der Waals surface area contributed by atoms with Crippen LogP contribution < -0.4 is 15.4 Å². The molecule has 1 heterocycles.